The zero-order chi connectivity index (χ0) is 13.9. The summed E-state index contributed by atoms with van der Waals surface area (Å²) in [4.78, 5) is 12.4. The third-order valence-corrected chi connectivity index (χ3v) is 4.24. The van der Waals surface area contributed by atoms with Crippen LogP contribution in [0.5, 0.6) is 0 Å². The summed E-state index contributed by atoms with van der Waals surface area (Å²) in [6, 6.07) is 17.6. The lowest BCUT2D eigenvalue weighted by Crippen LogP contribution is -2.18. The fraction of sp³-hybridized carbons (Fsp3) is 0.125. The Balaban J connectivity index is 1.96. The lowest BCUT2D eigenvalue weighted by molar-refractivity contribution is 0.918. The van der Waals surface area contributed by atoms with Crippen molar-refractivity contribution in [3.8, 4) is 0 Å². The van der Waals surface area contributed by atoms with E-state index in [0.29, 0.717) is 5.39 Å². The predicted molar refractivity (Wildman–Crippen MR) is 83.8 cm³/mol. The van der Waals surface area contributed by atoms with Gasteiger partial charge in [0.05, 0.1) is 11.6 Å². The van der Waals surface area contributed by atoms with Crippen molar-refractivity contribution in [2.75, 3.05) is 0 Å². The minimum absolute atomic E-state index is 0.0594. The Labute approximate surface area is 121 Å². The number of rotatable bonds is 3. The van der Waals surface area contributed by atoms with Crippen molar-refractivity contribution in [2.24, 2.45) is 0 Å². The molecule has 0 N–H and O–H groups in total. The first-order chi connectivity index (χ1) is 9.75. The average Bonchev–Trinajstić information content (AvgIpc) is 2.51. The van der Waals surface area contributed by atoms with E-state index in [-0.39, 0.29) is 10.8 Å². The van der Waals surface area contributed by atoms with Crippen molar-refractivity contribution < 1.29 is 0 Å². The monoisotopic (exact) mass is 282 g/mol. The van der Waals surface area contributed by atoms with E-state index in [1.165, 1.54) is 21.6 Å². The number of hydrogen-bond acceptors (Lipinski definition) is 3. The molecule has 1 atom stereocenters. The second-order valence-corrected chi connectivity index (χ2v) is 5.83. The zero-order valence-corrected chi connectivity index (χ0v) is 11.9. The normalized spacial score (nSPS) is 12.4. The van der Waals surface area contributed by atoms with Gasteiger partial charge in [-0.15, -0.1) is 0 Å². The fourth-order valence-corrected chi connectivity index (χ4v) is 2.96. The number of hydrogen-bond donors (Lipinski definition) is 0. The summed E-state index contributed by atoms with van der Waals surface area (Å²) in [6.07, 6.45) is 1.74. The molecule has 100 valence electrons. The summed E-state index contributed by atoms with van der Waals surface area (Å²) in [5.41, 5.74) is 1.12. The van der Waals surface area contributed by atoms with Gasteiger partial charge >= 0.3 is 0 Å². The van der Waals surface area contributed by atoms with Crippen LogP contribution < -0.4 is 5.56 Å². The van der Waals surface area contributed by atoms with Crippen LogP contribution in [0.2, 0.25) is 0 Å². The van der Waals surface area contributed by atoms with Gasteiger partial charge in [-0.25, -0.2) is 0 Å². The average molecular weight is 282 g/mol. The lowest BCUT2D eigenvalue weighted by atomic mass is 10.2. The van der Waals surface area contributed by atoms with E-state index < -0.39 is 0 Å². The highest BCUT2D eigenvalue weighted by atomic mass is 32.2. The molecular formula is C16H14N2OS. The minimum atomic E-state index is -0.0594. The topological polar surface area (TPSA) is 34.9 Å². The molecule has 0 saturated carbocycles. The summed E-state index contributed by atoms with van der Waals surface area (Å²) in [5, 5.41) is 5.99. The van der Waals surface area contributed by atoms with E-state index in [1.54, 1.807) is 6.20 Å². The molecule has 0 radical (unpaired) electrons. The van der Waals surface area contributed by atoms with Gasteiger partial charge in [0.25, 0.3) is 5.56 Å². The molecule has 0 spiro atoms. The van der Waals surface area contributed by atoms with E-state index in [1.807, 2.05) is 42.5 Å². The van der Waals surface area contributed by atoms with Gasteiger partial charge in [-0.1, -0.05) is 48.5 Å². The Morgan fingerprint density at radius 2 is 1.75 bits per heavy atom. The SMILES string of the molecule is CC(Sn1ncc2ccccc2c1=O)c1ccccc1. The van der Waals surface area contributed by atoms with Crippen LogP contribution in [-0.4, -0.2) is 9.19 Å². The molecule has 3 aromatic rings. The Bertz CT molecular complexity index is 783. The molecule has 1 unspecified atom stereocenters. The van der Waals surface area contributed by atoms with Crippen molar-refractivity contribution in [3.05, 3.63) is 76.7 Å². The van der Waals surface area contributed by atoms with Gasteiger partial charge in [-0.05, 0) is 30.5 Å². The molecule has 0 aliphatic rings. The summed E-state index contributed by atoms with van der Waals surface area (Å²) < 4.78 is 1.47. The number of benzene rings is 2. The Morgan fingerprint density at radius 1 is 1.05 bits per heavy atom. The molecule has 0 aliphatic carbocycles. The first-order valence-corrected chi connectivity index (χ1v) is 7.28. The highest BCUT2D eigenvalue weighted by molar-refractivity contribution is 7.97. The Hall–Kier alpha value is -2.07. The summed E-state index contributed by atoms with van der Waals surface area (Å²) in [5.74, 6) is 0. The number of fused-ring (bicyclic) bond motifs is 1. The van der Waals surface area contributed by atoms with E-state index in [2.05, 4.69) is 24.2 Å². The van der Waals surface area contributed by atoms with Crippen LogP contribution in [0.3, 0.4) is 0 Å². The standard InChI is InChI=1S/C16H14N2OS/c1-12(13-7-3-2-4-8-13)20-18-16(19)15-10-6-5-9-14(15)11-17-18/h2-12H,1H3. The highest BCUT2D eigenvalue weighted by Gasteiger charge is 2.10. The predicted octanol–water partition coefficient (Wildman–Crippen LogP) is 3.65. The second-order valence-electron chi connectivity index (χ2n) is 4.57. The van der Waals surface area contributed by atoms with Gasteiger partial charge in [0.1, 0.15) is 0 Å². The minimum Gasteiger partial charge on any atom is -0.266 e. The first kappa shape index (κ1) is 12.9. The summed E-state index contributed by atoms with van der Waals surface area (Å²) in [6.45, 7) is 2.07. The molecule has 3 rings (SSSR count). The molecule has 2 aromatic carbocycles. The molecule has 4 heteroatoms. The van der Waals surface area contributed by atoms with Gasteiger partial charge in [0, 0.05) is 10.6 Å². The molecule has 20 heavy (non-hydrogen) atoms. The van der Waals surface area contributed by atoms with Gasteiger partial charge in [0.2, 0.25) is 0 Å². The van der Waals surface area contributed by atoms with Crippen LogP contribution in [-0.2, 0) is 0 Å². The van der Waals surface area contributed by atoms with Crippen LogP contribution >= 0.6 is 11.9 Å². The van der Waals surface area contributed by atoms with Gasteiger partial charge in [-0.3, -0.25) is 4.79 Å². The summed E-state index contributed by atoms with van der Waals surface area (Å²) in [7, 11) is 0. The summed E-state index contributed by atoms with van der Waals surface area (Å²) >= 11 is 1.43. The third-order valence-electron chi connectivity index (χ3n) is 3.19. The Kier molecular flexibility index (Phi) is 3.56. The fourth-order valence-electron chi connectivity index (χ4n) is 2.08. The van der Waals surface area contributed by atoms with Crippen LogP contribution in [0, 0.1) is 0 Å². The maximum absolute atomic E-state index is 12.4. The van der Waals surface area contributed by atoms with Crippen LogP contribution in [0.25, 0.3) is 10.8 Å². The van der Waals surface area contributed by atoms with E-state index in [0.717, 1.165) is 5.39 Å². The lowest BCUT2D eigenvalue weighted by Gasteiger charge is -2.12. The quantitative estimate of drug-likeness (QED) is 0.735. The van der Waals surface area contributed by atoms with Crippen LogP contribution in [0.4, 0.5) is 0 Å². The maximum atomic E-state index is 12.4. The largest absolute Gasteiger partial charge is 0.285 e. The van der Waals surface area contributed by atoms with E-state index in [4.69, 9.17) is 0 Å². The molecule has 1 heterocycles. The van der Waals surface area contributed by atoms with Crippen molar-refractivity contribution in [1.82, 2.24) is 9.19 Å². The molecule has 0 fully saturated rings. The second kappa shape index (κ2) is 5.51. The van der Waals surface area contributed by atoms with Crippen molar-refractivity contribution in [3.63, 3.8) is 0 Å². The molecule has 0 aliphatic heterocycles. The van der Waals surface area contributed by atoms with E-state index >= 15 is 0 Å². The van der Waals surface area contributed by atoms with Crippen LogP contribution in [0.15, 0.2) is 65.6 Å². The van der Waals surface area contributed by atoms with Gasteiger partial charge in [-0.2, -0.15) is 9.19 Å². The Morgan fingerprint density at radius 3 is 2.55 bits per heavy atom. The highest BCUT2D eigenvalue weighted by Crippen LogP contribution is 2.27. The number of nitrogens with zero attached hydrogens (tertiary/aromatic N) is 2. The molecule has 1 aromatic heterocycles. The van der Waals surface area contributed by atoms with Crippen LogP contribution in [0.1, 0.15) is 17.7 Å². The molecule has 0 saturated heterocycles. The first-order valence-electron chi connectivity index (χ1n) is 6.45. The molecular weight excluding hydrogens is 268 g/mol. The van der Waals surface area contributed by atoms with Crippen molar-refractivity contribution >= 4 is 22.7 Å². The molecule has 0 amide bonds. The zero-order valence-electron chi connectivity index (χ0n) is 11.1. The molecule has 3 nitrogen and oxygen atoms in total. The van der Waals surface area contributed by atoms with Crippen molar-refractivity contribution in [1.29, 1.82) is 0 Å². The van der Waals surface area contributed by atoms with Gasteiger partial charge < -0.3 is 0 Å². The smallest absolute Gasteiger partial charge is 0.266 e. The van der Waals surface area contributed by atoms with Crippen molar-refractivity contribution in [2.45, 2.75) is 12.2 Å². The van der Waals surface area contributed by atoms with Gasteiger partial charge in [0.15, 0.2) is 0 Å². The maximum Gasteiger partial charge on any atom is 0.285 e. The molecule has 0 bridgehead atoms. The number of aromatic nitrogens is 2. The third kappa shape index (κ3) is 2.47. The van der Waals surface area contributed by atoms with E-state index in [9.17, 15) is 4.79 Å².